The average molecular weight is 404 g/mol. The fourth-order valence-electron chi connectivity index (χ4n) is 3.15. The number of nitrogens with one attached hydrogen (secondary N) is 2. The van der Waals surface area contributed by atoms with Crippen molar-refractivity contribution in [2.45, 2.75) is 50.0 Å². The Morgan fingerprint density at radius 3 is 2.54 bits per heavy atom. The van der Waals surface area contributed by atoms with Gasteiger partial charge in [0.1, 0.15) is 0 Å². The number of hydrogen-bond donors (Lipinski definition) is 2. The van der Waals surface area contributed by atoms with Crippen LogP contribution in [0.5, 0.6) is 0 Å². The summed E-state index contributed by atoms with van der Waals surface area (Å²) in [5, 5.41) is 5.92. The van der Waals surface area contributed by atoms with Crippen molar-refractivity contribution in [1.29, 1.82) is 0 Å². The molecule has 0 aromatic heterocycles. The molecule has 0 aliphatic heterocycles. The minimum absolute atomic E-state index is 0. The number of rotatable bonds is 8. The standard InChI is InChI=1S/C18H29N3O3S.ClH/c1-3-19-12-13-20-18(22)15-8-7-11-17(14-15)25(23,24)21(2)16-9-5-4-6-10-16;/h7-8,11,14,16,19H,3-6,9-10,12-13H2,1-2H3,(H,20,22);1H. The third-order valence-corrected chi connectivity index (χ3v) is 6.61. The van der Waals surface area contributed by atoms with Gasteiger partial charge in [0.2, 0.25) is 10.0 Å². The van der Waals surface area contributed by atoms with Crippen LogP contribution in [-0.4, -0.2) is 51.4 Å². The van der Waals surface area contributed by atoms with Crippen LogP contribution in [0.3, 0.4) is 0 Å². The third-order valence-electron chi connectivity index (χ3n) is 4.70. The summed E-state index contributed by atoms with van der Waals surface area (Å²) in [7, 11) is -1.94. The van der Waals surface area contributed by atoms with E-state index < -0.39 is 10.0 Å². The van der Waals surface area contributed by atoms with Gasteiger partial charge < -0.3 is 10.6 Å². The minimum Gasteiger partial charge on any atom is -0.351 e. The lowest BCUT2D eigenvalue weighted by atomic mass is 9.96. The lowest BCUT2D eigenvalue weighted by Gasteiger charge is -2.30. The first kappa shape index (κ1) is 22.9. The zero-order valence-electron chi connectivity index (χ0n) is 15.5. The third kappa shape index (κ3) is 5.94. The summed E-state index contributed by atoms with van der Waals surface area (Å²) in [5.41, 5.74) is 0.370. The molecule has 1 fully saturated rings. The highest BCUT2D eigenvalue weighted by Gasteiger charge is 2.29. The second-order valence-electron chi connectivity index (χ2n) is 6.45. The molecule has 1 amide bonds. The van der Waals surface area contributed by atoms with Gasteiger partial charge in [0.05, 0.1) is 4.90 Å². The van der Waals surface area contributed by atoms with E-state index in [0.717, 1.165) is 32.2 Å². The Bertz CT molecular complexity index is 676. The molecule has 0 atom stereocenters. The number of hydrogen-bond acceptors (Lipinski definition) is 4. The summed E-state index contributed by atoms with van der Waals surface area (Å²) < 4.78 is 27.3. The lowest BCUT2D eigenvalue weighted by Crippen LogP contribution is -2.38. The number of nitrogens with zero attached hydrogens (tertiary/aromatic N) is 1. The van der Waals surface area contributed by atoms with Crippen molar-refractivity contribution < 1.29 is 13.2 Å². The molecule has 0 spiro atoms. The molecule has 8 heteroatoms. The second kappa shape index (κ2) is 10.9. The highest BCUT2D eigenvalue weighted by atomic mass is 35.5. The molecule has 0 unspecified atom stereocenters. The zero-order chi connectivity index (χ0) is 18.3. The maximum Gasteiger partial charge on any atom is 0.251 e. The van der Waals surface area contributed by atoms with E-state index in [1.165, 1.54) is 16.8 Å². The monoisotopic (exact) mass is 403 g/mol. The normalized spacial score (nSPS) is 15.5. The summed E-state index contributed by atoms with van der Waals surface area (Å²) >= 11 is 0. The molecule has 2 N–H and O–H groups in total. The van der Waals surface area contributed by atoms with E-state index in [1.807, 2.05) is 6.92 Å². The lowest BCUT2D eigenvalue weighted by molar-refractivity contribution is 0.0953. The molecule has 6 nitrogen and oxygen atoms in total. The van der Waals surface area contributed by atoms with Crippen molar-refractivity contribution in [3.63, 3.8) is 0 Å². The summed E-state index contributed by atoms with van der Waals surface area (Å²) in [6, 6.07) is 6.35. The van der Waals surface area contributed by atoms with Gasteiger partial charge in [0.25, 0.3) is 5.91 Å². The zero-order valence-corrected chi connectivity index (χ0v) is 17.2. The van der Waals surface area contributed by atoms with Crippen molar-refractivity contribution >= 4 is 28.3 Å². The fourth-order valence-corrected chi connectivity index (χ4v) is 4.61. The van der Waals surface area contributed by atoms with Gasteiger partial charge in [-0.1, -0.05) is 32.3 Å². The number of carbonyl (C=O) groups is 1. The van der Waals surface area contributed by atoms with Crippen LogP contribution in [-0.2, 0) is 10.0 Å². The van der Waals surface area contributed by atoms with E-state index >= 15 is 0 Å². The summed E-state index contributed by atoms with van der Waals surface area (Å²) in [5.74, 6) is -0.254. The number of halogens is 1. The SMILES string of the molecule is CCNCCNC(=O)c1cccc(S(=O)(=O)N(C)C2CCCCC2)c1.Cl. The Hall–Kier alpha value is -1.15. The van der Waals surface area contributed by atoms with E-state index in [1.54, 1.807) is 25.2 Å². The van der Waals surface area contributed by atoms with Crippen LogP contribution in [0.15, 0.2) is 29.2 Å². The van der Waals surface area contributed by atoms with E-state index in [0.29, 0.717) is 18.7 Å². The van der Waals surface area contributed by atoms with Crippen molar-refractivity contribution in [1.82, 2.24) is 14.9 Å². The van der Waals surface area contributed by atoms with Crippen molar-refractivity contribution in [2.24, 2.45) is 0 Å². The van der Waals surface area contributed by atoms with E-state index in [4.69, 9.17) is 0 Å². The van der Waals surface area contributed by atoms with Crippen molar-refractivity contribution in [3.05, 3.63) is 29.8 Å². The average Bonchev–Trinajstić information content (AvgIpc) is 2.65. The maximum atomic E-state index is 12.9. The summed E-state index contributed by atoms with van der Waals surface area (Å²) in [6.45, 7) is 4.03. The first-order valence-electron chi connectivity index (χ1n) is 9.04. The second-order valence-corrected chi connectivity index (χ2v) is 8.45. The molecule has 0 radical (unpaired) electrons. The Labute approximate surface area is 163 Å². The van der Waals surface area contributed by atoms with Gasteiger partial charge >= 0.3 is 0 Å². The quantitative estimate of drug-likeness (QED) is 0.653. The van der Waals surface area contributed by atoms with E-state index in [2.05, 4.69) is 10.6 Å². The largest absolute Gasteiger partial charge is 0.351 e. The van der Waals surface area contributed by atoms with Crippen LogP contribution in [0.1, 0.15) is 49.4 Å². The van der Waals surface area contributed by atoms with Crippen LogP contribution in [0, 0.1) is 0 Å². The number of sulfonamides is 1. The maximum absolute atomic E-state index is 12.9. The van der Waals surface area contributed by atoms with E-state index in [-0.39, 0.29) is 29.3 Å². The molecule has 1 aliphatic carbocycles. The molecule has 1 aliphatic rings. The van der Waals surface area contributed by atoms with Gasteiger partial charge in [0, 0.05) is 31.7 Å². The Morgan fingerprint density at radius 2 is 1.88 bits per heavy atom. The van der Waals surface area contributed by atoms with Crippen molar-refractivity contribution in [3.8, 4) is 0 Å². The highest BCUT2D eigenvalue weighted by Crippen LogP contribution is 2.26. The summed E-state index contributed by atoms with van der Waals surface area (Å²) in [6.07, 6.45) is 5.12. The van der Waals surface area contributed by atoms with E-state index in [9.17, 15) is 13.2 Å². The van der Waals surface area contributed by atoms with Gasteiger partial charge in [-0.3, -0.25) is 4.79 Å². The summed E-state index contributed by atoms with van der Waals surface area (Å²) in [4.78, 5) is 12.4. The molecule has 1 aromatic carbocycles. The number of benzene rings is 1. The topological polar surface area (TPSA) is 78.5 Å². The van der Waals surface area contributed by atoms with Crippen LogP contribution < -0.4 is 10.6 Å². The number of carbonyl (C=O) groups excluding carboxylic acids is 1. The minimum atomic E-state index is -3.58. The molecule has 0 saturated heterocycles. The number of amides is 1. The Balaban J connectivity index is 0.00000338. The first-order chi connectivity index (χ1) is 12.0. The Kier molecular flexibility index (Phi) is 9.57. The van der Waals surface area contributed by atoms with Gasteiger partial charge in [-0.25, -0.2) is 8.42 Å². The number of likely N-dealkylation sites (N-methyl/N-ethyl adjacent to an activating group) is 1. The highest BCUT2D eigenvalue weighted by molar-refractivity contribution is 7.89. The molecular weight excluding hydrogens is 374 g/mol. The smallest absolute Gasteiger partial charge is 0.251 e. The van der Waals surface area contributed by atoms with Crippen molar-refractivity contribution in [2.75, 3.05) is 26.7 Å². The molecule has 0 heterocycles. The van der Waals surface area contributed by atoms with Gasteiger partial charge in [0.15, 0.2) is 0 Å². The molecule has 0 bridgehead atoms. The van der Waals surface area contributed by atoms with Gasteiger partial charge in [-0.05, 0) is 37.6 Å². The molecule has 2 rings (SSSR count). The van der Waals surface area contributed by atoms with Gasteiger partial charge in [-0.2, -0.15) is 4.31 Å². The van der Waals surface area contributed by atoms with Gasteiger partial charge in [-0.15, -0.1) is 12.4 Å². The Morgan fingerprint density at radius 1 is 1.19 bits per heavy atom. The molecule has 1 aromatic rings. The van der Waals surface area contributed by atoms with Crippen LogP contribution >= 0.6 is 12.4 Å². The predicted molar refractivity (Wildman–Crippen MR) is 106 cm³/mol. The molecular formula is C18H30ClN3O3S. The van der Waals surface area contributed by atoms with Crippen LogP contribution in [0.4, 0.5) is 0 Å². The molecule has 26 heavy (non-hydrogen) atoms. The molecule has 1 saturated carbocycles. The predicted octanol–water partition coefficient (Wildman–Crippen LogP) is 2.40. The molecule has 148 valence electrons. The fraction of sp³-hybridized carbons (Fsp3) is 0.611. The first-order valence-corrected chi connectivity index (χ1v) is 10.5. The van der Waals surface area contributed by atoms with Crippen LogP contribution in [0.2, 0.25) is 0 Å². The van der Waals surface area contributed by atoms with Crippen LogP contribution in [0.25, 0.3) is 0 Å².